The highest BCUT2D eigenvalue weighted by Gasteiger charge is 2.26. The third-order valence-electron chi connectivity index (χ3n) is 6.64. The molecule has 3 aromatic rings. The summed E-state index contributed by atoms with van der Waals surface area (Å²) in [6.45, 7) is 7.90. The number of aromatic nitrogens is 1. The minimum Gasteiger partial charge on any atom is -0.369 e. The van der Waals surface area contributed by atoms with Crippen LogP contribution in [-0.4, -0.2) is 26.1 Å². The first-order valence-electron chi connectivity index (χ1n) is 11.7. The molecule has 33 heavy (non-hydrogen) atoms. The van der Waals surface area contributed by atoms with Gasteiger partial charge < -0.3 is 9.47 Å². The number of hydrogen-bond acceptors (Lipinski definition) is 4. The zero-order chi connectivity index (χ0) is 23.8. The van der Waals surface area contributed by atoms with Gasteiger partial charge in [0.1, 0.15) is 10.7 Å². The quantitative estimate of drug-likeness (QED) is 0.485. The Kier molecular flexibility index (Phi) is 6.61. The fourth-order valence-electron chi connectivity index (χ4n) is 4.46. The number of fused-ring (bicyclic) bond motifs is 1. The lowest BCUT2D eigenvalue weighted by Gasteiger charge is -2.29. The molecule has 0 atom stereocenters. The van der Waals surface area contributed by atoms with Gasteiger partial charge in [0.05, 0.1) is 21.5 Å². The highest BCUT2D eigenvalue weighted by Crippen LogP contribution is 2.29. The van der Waals surface area contributed by atoms with E-state index < -0.39 is 21.1 Å². The number of benzene rings is 2. The highest BCUT2D eigenvalue weighted by atomic mass is 32.2. The van der Waals surface area contributed by atoms with Crippen LogP contribution in [0.15, 0.2) is 51.1 Å². The van der Waals surface area contributed by atoms with E-state index in [9.17, 15) is 13.2 Å². The number of rotatable bonds is 6. The Bertz CT molecular complexity index is 1360. The predicted molar refractivity (Wildman–Crippen MR) is 131 cm³/mol. The number of sulfone groups is 1. The second-order valence-corrected chi connectivity index (χ2v) is 10.9. The predicted octanol–water partition coefficient (Wildman–Crippen LogP) is 5.38. The number of halogens is 1. The van der Waals surface area contributed by atoms with Crippen molar-refractivity contribution in [2.45, 2.75) is 69.2 Å². The van der Waals surface area contributed by atoms with Gasteiger partial charge in [-0.2, -0.15) is 0 Å². The first kappa shape index (κ1) is 23.5. The molecule has 1 aliphatic heterocycles. The molecule has 0 saturated carbocycles. The zero-order valence-electron chi connectivity index (χ0n) is 19.5. The molecule has 5 nitrogen and oxygen atoms in total. The Morgan fingerprint density at radius 2 is 1.73 bits per heavy atom. The van der Waals surface area contributed by atoms with Gasteiger partial charge in [0.25, 0.3) is 0 Å². The molecule has 4 rings (SSSR count). The fraction of sp³-hybridized carbons (Fsp3) is 0.423. The smallest absolute Gasteiger partial charge is 0.211 e. The maximum Gasteiger partial charge on any atom is 0.211 e. The third-order valence-corrected chi connectivity index (χ3v) is 8.39. The summed E-state index contributed by atoms with van der Waals surface area (Å²) in [5, 5.41) is 0.106. The summed E-state index contributed by atoms with van der Waals surface area (Å²) < 4.78 is 43.9. The topological polar surface area (TPSA) is 59.4 Å². The van der Waals surface area contributed by atoms with Crippen LogP contribution in [0.25, 0.3) is 10.9 Å². The molecule has 0 amide bonds. The normalized spacial score (nSPS) is 14.7. The Morgan fingerprint density at radius 1 is 1.00 bits per heavy atom. The molecule has 0 spiro atoms. The largest absolute Gasteiger partial charge is 0.369 e. The molecule has 0 unspecified atom stereocenters. The molecular weight excluding hydrogens is 439 g/mol. The first-order valence-corrected chi connectivity index (χ1v) is 13.2. The Hall–Kier alpha value is -2.67. The molecule has 7 heteroatoms. The van der Waals surface area contributed by atoms with Crippen LogP contribution < -0.4 is 10.3 Å². The molecule has 0 bridgehead atoms. The van der Waals surface area contributed by atoms with Gasteiger partial charge in [-0.05, 0) is 74.9 Å². The number of pyridine rings is 1. The maximum absolute atomic E-state index is 15.2. The van der Waals surface area contributed by atoms with Crippen LogP contribution >= 0.6 is 0 Å². The second kappa shape index (κ2) is 9.29. The van der Waals surface area contributed by atoms with Crippen LogP contribution in [-0.2, 0) is 16.4 Å². The highest BCUT2D eigenvalue weighted by molar-refractivity contribution is 7.91. The fourth-order valence-corrected chi connectivity index (χ4v) is 5.92. The van der Waals surface area contributed by atoms with Crippen LogP contribution in [0.3, 0.4) is 0 Å². The molecule has 1 aromatic heterocycles. The molecule has 1 aliphatic rings. The summed E-state index contributed by atoms with van der Waals surface area (Å²) in [5.74, 6) is -0.482. The molecule has 1 saturated heterocycles. The van der Waals surface area contributed by atoms with Crippen molar-refractivity contribution >= 4 is 26.4 Å². The van der Waals surface area contributed by atoms with E-state index in [-0.39, 0.29) is 15.2 Å². The molecule has 0 N–H and O–H groups in total. The average molecular weight is 471 g/mol. The number of aryl methyl sites for hydroxylation is 3. The lowest BCUT2D eigenvalue weighted by molar-refractivity contribution is 0.557. The van der Waals surface area contributed by atoms with Crippen LogP contribution in [0, 0.1) is 19.7 Å². The van der Waals surface area contributed by atoms with E-state index in [1.54, 1.807) is 22.8 Å². The molecule has 176 valence electrons. The van der Waals surface area contributed by atoms with Gasteiger partial charge >= 0.3 is 0 Å². The summed E-state index contributed by atoms with van der Waals surface area (Å²) in [6.07, 6.45) is 6.32. The Balaban J connectivity index is 1.94. The van der Waals surface area contributed by atoms with Crippen LogP contribution in [0.4, 0.5) is 10.1 Å². The Morgan fingerprint density at radius 3 is 2.39 bits per heavy atom. The van der Waals surface area contributed by atoms with Crippen molar-refractivity contribution in [3.05, 3.63) is 63.7 Å². The molecular formula is C26H31FN2O3S. The minimum absolute atomic E-state index is 0.0782. The third kappa shape index (κ3) is 4.43. The van der Waals surface area contributed by atoms with E-state index in [2.05, 4.69) is 6.92 Å². The standard InChI is InChI=1S/C26H31FN2O3S/c1-4-5-11-29-17-25(33(31,32)20-10-9-18(2)19(3)14-20)26(30)21-15-22(27)24(16-23(21)29)28-12-7-6-8-13-28/h9-10,14-17H,4-8,11-13H2,1-3H3. The van der Waals surface area contributed by atoms with Gasteiger partial charge in [0, 0.05) is 25.8 Å². The number of piperidine rings is 1. The van der Waals surface area contributed by atoms with E-state index in [4.69, 9.17) is 0 Å². The lowest BCUT2D eigenvalue weighted by atomic mass is 10.1. The number of hydrogen-bond donors (Lipinski definition) is 0. The van der Waals surface area contributed by atoms with Crippen molar-refractivity contribution in [1.82, 2.24) is 4.57 Å². The first-order chi connectivity index (χ1) is 15.7. The SMILES string of the molecule is CCCCn1cc(S(=O)(=O)c2ccc(C)c(C)c2)c(=O)c2cc(F)c(N3CCCCC3)cc21. The average Bonchev–Trinajstić information content (AvgIpc) is 2.80. The molecule has 0 aliphatic carbocycles. The Labute approximate surface area is 194 Å². The summed E-state index contributed by atoms with van der Waals surface area (Å²) in [6, 6.07) is 7.80. The van der Waals surface area contributed by atoms with E-state index in [0.29, 0.717) is 17.7 Å². The minimum atomic E-state index is -4.06. The van der Waals surface area contributed by atoms with E-state index in [1.807, 2.05) is 18.7 Å². The van der Waals surface area contributed by atoms with Crippen LogP contribution in [0.1, 0.15) is 50.2 Å². The summed E-state index contributed by atoms with van der Waals surface area (Å²) in [5.41, 5.74) is 2.21. The van der Waals surface area contributed by atoms with Gasteiger partial charge in [0.15, 0.2) is 0 Å². The lowest BCUT2D eigenvalue weighted by Crippen LogP contribution is -2.30. The van der Waals surface area contributed by atoms with Crippen molar-refractivity contribution < 1.29 is 12.8 Å². The zero-order valence-corrected chi connectivity index (χ0v) is 20.3. The van der Waals surface area contributed by atoms with Gasteiger partial charge in [-0.3, -0.25) is 4.79 Å². The number of unbranched alkanes of at least 4 members (excludes halogenated alkanes) is 1. The number of nitrogens with zero attached hydrogens (tertiary/aromatic N) is 2. The van der Waals surface area contributed by atoms with Crippen molar-refractivity contribution in [3.8, 4) is 0 Å². The van der Waals surface area contributed by atoms with Gasteiger partial charge in [-0.1, -0.05) is 19.4 Å². The maximum atomic E-state index is 15.2. The van der Waals surface area contributed by atoms with Crippen LogP contribution in [0.5, 0.6) is 0 Å². The van der Waals surface area contributed by atoms with Gasteiger partial charge in [-0.25, -0.2) is 12.8 Å². The van der Waals surface area contributed by atoms with E-state index >= 15 is 4.39 Å². The molecule has 0 radical (unpaired) electrons. The summed E-state index contributed by atoms with van der Waals surface area (Å²) in [7, 11) is -4.06. The molecule has 2 heterocycles. The van der Waals surface area contributed by atoms with Crippen molar-refractivity contribution in [2.24, 2.45) is 0 Å². The van der Waals surface area contributed by atoms with Gasteiger partial charge in [-0.15, -0.1) is 0 Å². The van der Waals surface area contributed by atoms with Crippen molar-refractivity contribution in [1.29, 1.82) is 0 Å². The van der Waals surface area contributed by atoms with Crippen molar-refractivity contribution in [2.75, 3.05) is 18.0 Å². The molecule has 2 aromatic carbocycles. The molecule has 1 fully saturated rings. The summed E-state index contributed by atoms with van der Waals surface area (Å²) in [4.78, 5) is 15.2. The van der Waals surface area contributed by atoms with Crippen LogP contribution in [0.2, 0.25) is 0 Å². The number of anilines is 1. The second-order valence-electron chi connectivity index (χ2n) is 8.99. The van der Waals surface area contributed by atoms with Gasteiger partial charge in [0.2, 0.25) is 15.3 Å². The van der Waals surface area contributed by atoms with E-state index in [0.717, 1.165) is 56.3 Å². The van der Waals surface area contributed by atoms with E-state index in [1.165, 1.54) is 18.3 Å². The summed E-state index contributed by atoms with van der Waals surface area (Å²) >= 11 is 0. The van der Waals surface area contributed by atoms with Crippen molar-refractivity contribution in [3.63, 3.8) is 0 Å². The monoisotopic (exact) mass is 470 g/mol.